The third-order valence-corrected chi connectivity index (χ3v) is 6.38. The first-order valence-corrected chi connectivity index (χ1v) is 8.71. The van der Waals surface area contributed by atoms with Crippen molar-refractivity contribution in [1.82, 2.24) is 4.90 Å². The van der Waals surface area contributed by atoms with Gasteiger partial charge in [-0.3, -0.25) is 0 Å². The molecular formula is C19H26FN. The summed E-state index contributed by atoms with van der Waals surface area (Å²) in [6.45, 7) is 4.56. The van der Waals surface area contributed by atoms with E-state index in [0.29, 0.717) is 5.92 Å². The number of rotatable bonds is 2. The van der Waals surface area contributed by atoms with Gasteiger partial charge in [0.1, 0.15) is 5.82 Å². The molecule has 1 unspecified atom stereocenters. The van der Waals surface area contributed by atoms with E-state index in [-0.39, 0.29) is 5.82 Å². The van der Waals surface area contributed by atoms with Crippen LogP contribution in [0.25, 0.3) is 0 Å². The van der Waals surface area contributed by atoms with Gasteiger partial charge >= 0.3 is 0 Å². The molecule has 3 aliphatic rings. The SMILES string of the molecule is Cc1ccc(F)cc1C1CCN(C2C[C@@H]3CC[C@H]2C3)CC1. The van der Waals surface area contributed by atoms with Crippen molar-refractivity contribution in [3.05, 3.63) is 35.1 Å². The van der Waals surface area contributed by atoms with Crippen molar-refractivity contribution >= 4 is 0 Å². The van der Waals surface area contributed by atoms with Gasteiger partial charge in [-0.1, -0.05) is 12.5 Å². The maximum Gasteiger partial charge on any atom is 0.123 e. The van der Waals surface area contributed by atoms with Crippen molar-refractivity contribution in [2.45, 2.75) is 57.4 Å². The van der Waals surface area contributed by atoms with Gasteiger partial charge in [-0.2, -0.15) is 0 Å². The lowest BCUT2D eigenvalue weighted by molar-refractivity contribution is 0.110. The minimum absolute atomic E-state index is 0.0777. The van der Waals surface area contributed by atoms with Crippen molar-refractivity contribution in [2.24, 2.45) is 11.8 Å². The Labute approximate surface area is 127 Å². The van der Waals surface area contributed by atoms with E-state index in [0.717, 1.165) is 17.9 Å². The molecule has 0 spiro atoms. The summed E-state index contributed by atoms with van der Waals surface area (Å²) in [6.07, 6.45) is 8.32. The predicted molar refractivity (Wildman–Crippen MR) is 83.9 cm³/mol. The van der Waals surface area contributed by atoms with Crippen LogP contribution in [0.5, 0.6) is 0 Å². The number of likely N-dealkylation sites (tertiary alicyclic amines) is 1. The van der Waals surface area contributed by atoms with Crippen molar-refractivity contribution in [3.63, 3.8) is 0 Å². The number of aryl methyl sites for hydroxylation is 1. The van der Waals surface area contributed by atoms with Gasteiger partial charge in [0.05, 0.1) is 0 Å². The third kappa shape index (κ3) is 2.52. The lowest BCUT2D eigenvalue weighted by atomic mass is 9.85. The molecule has 114 valence electrons. The first-order chi connectivity index (χ1) is 10.2. The van der Waals surface area contributed by atoms with Crippen LogP contribution in [-0.2, 0) is 0 Å². The second-order valence-electron chi connectivity index (χ2n) is 7.55. The highest BCUT2D eigenvalue weighted by Crippen LogP contribution is 2.47. The Hall–Kier alpha value is -0.890. The number of fused-ring (bicyclic) bond motifs is 2. The summed E-state index contributed by atoms with van der Waals surface area (Å²) >= 11 is 0. The largest absolute Gasteiger partial charge is 0.300 e. The third-order valence-electron chi connectivity index (χ3n) is 6.38. The number of hydrogen-bond acceptors (Lipinski definition) is 1. The molecule has 1 nitrogen and oxygen atoms in total. The van der Waals surface area contributed by atoms with Crippen LogP contribution in [0.2, 0.25) is 0 Å². The molecule has 1 aliphatic heterocycles. The Morgan fingerprint density at radius 2 is 1.86 bits per heavy atom. The quantitative estimate of drug-likeness (QED) is 0.774. The molecule has 2 saturated carbocycles. The molecule has 3 fully saturated rings. The number of piperidine rings is 1. The number of benzene rings is 1. The summed E-state index contributed by atoms with van der Waals surface area (Å²) < 4.78 is 13.5. The first-order valence-electron chi connectivity index (χ1n) is 8.71. The summed E-state index contributed by atoms with van der Waals surface area (Å²) in [7, 11) is 0. The Balaban J connectivity index is 1.41. The van der Waals surface area contributed by atoms with Gasteiger partial charge < -0.3 is 4.90 Å². The average Bonchev–Trinajstić information content (AvgIpc) is 3.13. The van der Waals surface area contributed by atoms with Crippen molar-refractivity contribution in [2.75, 3.05) is 13.1 Å². The topological polar surface area (TPSA) is 3.24 Å². The normalized spacial score (nSPS) is 33.7. The van der Waals surface area contributed by atoms with Gasteiger partial charge in [0.15, 0.2) is 0 Å². The zero-order chi connectivity index (χ0) is 14.4. The lowest BCUT2D eigenvalue weighted by Crippen LogP contribution is -2.43. The molecule has 2 heteroatoms. The summed E-state index contributed by atoms with van der Waals surface area (Å²) in [4.78, 5) is 2.76. The second-order valence-corrected chi connectivity index (χ2v) is 7.55. The fraction of sp³-hybridized carbons (Fsp3) is 0.684. The van der Waals surface area contributed by atoms with Gasteiger partial charge in [-0.15, -0.1) is 0 Å². The average molecular weight is 287 g/mol. The summed E-state index contributed by atoms with van der Waals surface area (Å²) in [5.74, 6) is 2.51. The highest BCUT2D eigenvalue weighted by molar-refractivity contribution is 5.30. The minimum atomic E-state index is -0.0777. The number of nitrogens with zero attached hydrogens (tertiary/aromatic N) is 1. The van der Waals surface area contributed by atoms with Crippen LogP contribution in [0.4, 0.5) is 4.39 Å². The molecule has 2 bridgehead atoms. The first kappa shape index (κ1) is 13.8. The molecule has 3 atom stereocenters. The smallest absolute Gasteiger partial charge is 0.123 e. The molecule has 0 aromatic heterocycles. The predicted octanol–water partition coefficient (Wildman–Crippen LogP) is 4.50. The highest BCUT2D eigenvalue weighted by atomic mass is 19.1. The van der Waals surface area contributed by atoms with Crippen molar-refractivity contribution in [3.8, 4) is 0 Å². The molecule has 0 N–H and O–H groups in total. The fourth-order valence-corrected chi connectivity index (χ4v) is 5.25. The second kappa shape index (κ2) is 5.39. The van der Waals surface area contributed by atoms with Crippen molar-refractivity contribution < 1.29 is 4.39 Å². The molecule has 1 aromatic carbocycles. The zero-order valence-electron chi connectivity index (χ0n) is 13.0. The maximum atomic E-state index is 13.5. The van der Waals surface area contributed by atoms with E-state index in [1.807, 2.05) is 6.07 Å². The summed E-state index contributed by atoms with van der Waals surface area (Å²) in [5.41, 5.74) is 2.51. The Morgan fingerprint density at radius 1 is 1.05 bits per heavy atom. The highest BCUT2D eigenvalue weighted by Gasteiger charge is 2.42. The molecule has 2 aliphatic carbocycles. The number of hydrogen-bond donors (Lipinski definition) is 0. The molecule has 1 heterocycles. The van der Waals surface area contributed by atoms with Crippen LogP contribution < -0.4 is 0 Å². The van der Waals surface area contributed by atoms with Crippen LogP contribution >= 0.6 is 0 Å². The lowest BCUT2D eigenvalue weighted by Gasteiger charge is -2.40. The van der Waals surface area contributed by atoms with Gasteiger partial charge in [-0.25, -0.2) is 4.39 Å². The van der Waals surface area contributed by atoms with E-state index < -0.39 is 0 Å². The van der Waals surface area contributed by atoms with E-state index in [2.05, 4.69) is 11.8 Å². The monoisotopic (exact) mass is 287 g/mol. The molecule has 4 rings (SSSR count). The summed E-state index contributed by atoms with van der Waals surface area (Å²) in [5, 5.41) is 0. The molecule has 1 saturated heterocycles. The van der Waals surface area contributed by atoms with Crippen LogP contribution in [0.1, 0.15) is 55.6 Å². The molecule has 21 heavy (non-hydrogen) atoms. The fourth-order valence-electron chi connectivity index (χ4n) is 5.25. The van der Waals surface area contributed by atoms with Crippen LogP contribution in [-0.4, -0.2) is 24.0 Å². The van der Waals surface area contributed by atoms with Crippen LogP contribution in [0.15, 0.2) is 18.2 Å². The van der Waals surface area contributed by atoms with Crippen LogP contribution in [0, 0.1) is 24.6 Å². The van der Waals surface area contributed by atoms with E-state index in [9.17, 15) is 4.39 Å². The van der Waals surface area contributed by atoms with Crippen LogP contribution in [0.3, 0.4) is 0 Å². The Morgan fingerprint density at radius 3 is 2.52 bits per heavy atom. The van der Waals surface area contributed by atoms with Gasteiger partial charge in [-0.05, 0) is 93.1 Å². The molecule has 0 radical (unpaired) electrons. The van der Waals surface area contributed by atoms with E-state index in [1.165, 1.54) is 62.7 Å². The van der Waals surface area contributed by atoms with E-state index in [4.69, 9.17) is 0 Å². The Kier molecular flexibility index (Phi) is 3.53. The van der Waals surface area contributed by atoms with Gasteiger partial charge in [0.2, 0.25) is 0 Å². The zero-order valence-corrected chi connectivity index (χ0v) is 13.0. The van der Waals surface area contributed by atoms with E-state index >= 15 is 0 Å². The molecule has 0 amide bonds. The standard InChI is InChI=1S/C19H26FN/c1-13-2-5-17(20)12-18(13)15-6-8-21(9-7-15)19-11-14-3-4-16(19)10-14/h2,5,12,14-16,19H,3-4,6-11H2,1H3/t14-,16+,19?/m1/s1. The van der Waals surface area contributed by atoms with Gasteiger partial charge in [0.25, 0.3) is 0 Å². The number of halogens is 1. The van der Waals surface area contributed by atoms with Crippen molar-refractivity contribution in [1.29, 1.82) is 0 Å². The molecule has 1 aromatic rings. The van der Waals surface area contributed by atoms with E-state index in [1.54, 1.807) is 12.1 Å². The molecular weight excluding hydrogens is 261 g/mol. The minimum Gasteiger partial charge on any atom is -0.300 e. The Bertz CT molecular complexity index is 518. The van der Waals surface area contributed by atoms with Gasteiger partial charge in [0, 0.05) is 6.04 Å². The summed E-state index contributed by atoms with van der Waals surface area (Å²) in [6, 6.07) is 6.17. The maximum absolute atomic E-state index is 13.5.